The lowest BCUT2D eigenvalue weighted by Gasteiger charge is -2.51. The van der Waals surface area contributed by atoms with Crippen LogP contribution in [0.25, 0.3) is 11.8 Å². The van der Waals surface area contributed by atoms with Crippen LogP contribution in [0.1, 0.15) is 76.5 Å². The molecule has 0 spiro atoms. The second-order valence-corrected chi connectivity index (χ2v) is 14.6. The molecule has 1 heterocycles. The average molecular weight is 643 g/mol. The van der Waals surface area contributed by atoms with Gasteiger partial charge < -0.3 is 23.9 Å². The Hall–Kier alpha value is -3.26. The van der Waals surface area contributed by atoms with E-state index in [9.17, 15) is 4.79 Å². The van der Waals surface area contributed by atoms with Gasteiger partial charge in [-0.05, 0) is 106 Å². The van der Waals surface area contributed by atoms with Crippen molar-refractivity contribution in [3.8, 4) is 5.75 Å². The molecule has 6 nitrogen and oxygen atoms in total. The summed E-state index contributed by atoms with van der Waals surface area (Å²) in [5.74, 6) is 3.33. The fourth-order valence-electron chi connectivity index (χ4n) is 7.80. The molecule has 4 aliphatic carbocycles. The van der Waals surface area contributed by atoms with Crippen molar-refractivity contribution in [3.05, 3.63) is 94.1 Å². The zero-order chi connectivity index (χ0) is 32.6. The third kappa shape index (κ3) is 6.60. The summed E-state index contributed by atoms with van der Waals surface area (Å²) < 4.78 is 25.1. The Kier molecular flexibility index (Phi) is 9.30. The lowest BCUT2D eigenvalue weighted by atomic mass is 9.54. The van der Waals surface area contributed by atoms with Crippen LogP contribution in [0.5, 0.6) is 5.75 Å². The van der Waals surface area contributed by atoms with E-state index in [1.165, 1.54) is 43.8 Å². The minimum atomic E-state index is -0.988. The highest BCUT2D eigenvalue weighted by Gasteiger charge is 2.51. The van der Waals surface area contributed by atoms with Crippen molar-refractivity contribution in [1.29, 1.82) is 0 Å². The van der Waals surface area contributed by atoms with Gasteiger partial charge in [-0.25, -0.2) is 4.79 Å². The third-order valence-corrected chi connectivity index (χ3v) is 11.0. The van der Waals surface area contributed by atoms with Crippen LogP contribution in [-0.2, 0) is 25.4 Å². The van der Waals surface area contributed by atoms with Gasteiger partial charge in [0.15, 0.2) is 0 Å². The Balaban J connectivity index is 1.27. The monoisotopic (exact) mass is 642 g/mol. The van der Waals surface area contributed by atoms with Gasteiger partial charge in [0.2, 0.25) is 0 Å². The number of ether oxygens (including phenoxy) is 2. The number of methoxy groups -OCH3 is 1. The number of carboxylic acid groups (broad SMARTS) is 1. The van der Waals surface area contributed by atoms with Crippen LogP contribution in [0.4, 0.5) is 0 Å². The molecule has 2 aromatic rings. The first-order valence-corrected chi connectivity index (χ1v) is 16.8. The number of aliphatic carboxylic acids is 1. The lowest BCUT2D eigenvalue weighted by Crippen LogP contribution is -2.41. The molecular formula is C38H44BClO6. The van der Waals surface area contributed by atoms with Crippen LogP contribution < -0.4 is 10.2 Å². The van der Waals surface area contributed by atoms with Crippen molar-refractivity contribution in [1.82, 2.24) is 0 Å². The smallest absolute Gasteiger partial charge is 0.494 e. The molecule has 0 radical (unpaired) electrons. The molecule has 46 heavy (non-hydrogen) atoms. The highest BCUT2D eigenvalue weighted by Crippen LogP contribution is 2.58. The number of hydrogen-bond acceptors (Lipinski definition) is 5. The third-order valence-electron chi connectivity index (χ3n) is 10.6. The molecule has 0 atom stereocenters. The Bertz CT molecular complexity index is 1540. The number of benzene rings is 2. The zero-order valence-corrected chi connectivity index (χ0v) is 28.2. The molecule has 4 saturated carbocycles. The van der Waals surface area contributed by atoms with Crippen molar-refractivity contribution >= 4 is 42.0 Å². The summed E-state index contributed by atoms with van der Waals surface area (Å²) >= 11 is 7.23. The minimum Gasteiger partial charge on any atom is -0.496 e. The quantitative estimate of drug-likeness (QED) is 0.122. The Labute approximate surface area is 278 Å². The van der Waals surface area contributed by atoms with E-state index in [4.69, 9.17) is 35.5 Å². The second kappa shape index (κ2) is 13.1. The van der Waals surface area contributed by atoms with Crippen LogP contribution in [0.2, 0.25) is 5.02 Å². The molecule has 1 N–H and O–H groups in total. The van der Waals surface area contributed by atoms with Crippen molar-refractivity contribution < 1.29 is 28.7 Å². The summed E-state index contributed by atoms with van der Waals surface area (Å²) in [4.78, 5) is 10.8. The first-order chi connectivity index (χ1) is 22.0. The van der Waals surface area contributed by atoms with E-state index >= 15 is 0 Å². The maximum Gasteiger partial charge on any atom is 0.494 e. The van der Waals surface area contributed by atoms with Crippen molar-refractivity contribution in [2.24, 2.45) is 23.7 Å². The van der Waals surface area contributed by atoms with E-state index in [0.717, 1.165) is 45.8 Å². The zero-order valence-electron chi connectivity index (χ0n) is 27.4. The fraction of sp³-hybridized carbons (Fsp3) is 0.447. The van der Waals surface area contributed by atoms with Crippen LogP contribution in [0, 0.1) is 23.7 Å². The summed E-state index contributed by atoms with van der Waals surface area (Å²) in [7, 11) is 1.33. The van der Waals surface area contributed by atoms with Gasteiger partial charge in [0.1, 0.15) is 18.1 Å². The highest BCUT2D eigenvalue weighted by atomic mass is 35.5. The summed E-state index contributed by atoms with van der Waals surface area (Å²) in [5.41, 5.74) is 4.27. The number of rotatable bonds is 10. The van der Waals surface area contributed by atoms with Crippen molar-refractivity contribution in [2.45, 2.75) is 77.6 Å². The van der Waals surface area contributed by atoms with Gasteiger partial charge >= 0.3 is 13.1 Å². The first-order valence-electron chi connectivity index (χ1n) is 16.4. The first kappa shape index (κ1) is 32.7. The van der Waals surface area contributed by atoms with Gasteiger partial charge in [0.25, 0.3) is 0 Å². The molecule has 0 amide bonds. The molecule has 7 rings (SSSR count). The predicted molar refractivity (Wildman–Crippen MR) is 184 cm³/mol. The predicted octanol–water partition coefficient (Wildman–Crippen LogP) is 8.24. The van der Waals surface area contributed by atoms with Crippen molar-refractivity contribution in [3.63, 3.8) is 0 Å². The Morgan fingerprint density at radius 1 is 0.913 bits per heavy atom. The van der Waals surface area contributed by atoms with E-state index in [0.29, 0.717) is 29.2 Å². The maximum absolute atomic E-state index is 10.8. The molecule has 1 aliphatic heterocycles. The largest absolute Gasteiger partial charge is 0.496 e. The molecule has 4 bridgehead atoms. The molecule has 0 aromatic heterocycles. The molecule has 1 saturated heterocycles. The molecule has 5 aliphatic rings. The lowest BCUT2D eigenvalue weighted by molar-refractivity contribution is -0.131. The average Bonchev–Trinajstić information content (AvgIpc) is 3.22. The number of halogens is 1. The van der Waals surface area contributed by atoms with Gasteiger partial charge in [-0.3, -0.25) is 0 Å². The van der Waals surface area contributed by atoms with Crippen LogP contribution in [-0.4, -0.2) is 36.5 Å². The van der Waals surface area contributed by atoms with Gasteiger partial charge in [0, 0.05) is 17.2 Å². The van der Waals surface area contributed by atoms with E-state index < -0.39 is 24.3 Å². The molecule has 5 fully saturated rings. The van der Waals surface area contributed by atoms with E-state index in [1.807, 2.05) is 48.6 Å². The van der Waals surface area contributed by atoms with Crippen LogP contribution in [0.3, 0.4) is 0 Å². The maximum atomic E-state index is 10.8. The van der Waals surface area contributed by atoms with Gasteiger partial charge in [-0.15, -0.1) is 0 Å². The van der Waals surface area contributed by atoms with Crippen LogP contribution in [0.15, 0.2) is 72.4 Å². The molecule has 2 aromatic carbocycles. The summed E-state index contributed by atoms with van der Waals surface area (Å²) in [6.07, 6.45) is 16.2. The fourth-order valence-corrected chi connectivity index (χ4v) is 8.11. The number of carboxylic acids is 1. The van der Waals surface area contributed by atoms with Gasteiger partial charge in [-0.2, -0.15) is 0 Å². The molecule has 0 unspecified atom stereocenters. The molecular weight excluding hydrogens is 599 g/mol. The van der Waals surface area contributed by atoms with E-state index in [1.54, 1.807) is 19.3 Å². The van der Waals surface area contributed by atoms with E-state index in [2.05, 4.69) is 27.7 Å². The van der Waals surface area contributed by atoms with Gasteiger partial charge in [0.05, 0.1) is 23.3 Å². The SMILES string of the molecule is COC(=C1C2CC3CC(C2)CC1C3)c1ccc(/C=C/C=C/C=C/C(=O)O)c(OCc2ccc(B3OC(C)(C)C(C)(C)O3)cc2)c1Cl. The minimum absolute atomic E-state index is 0.318. The van der Waals surface area contributed by atoms with Gasteiger partial charge in [-0.1, -0.05) is 72.3 Å². The van der Waals surface area contributed by atoms with Crippen molar-refractivity contribution in [2.75, 3.05) is 7.11 Å². The standard InChI is InChI=1S/C38H44BClO6/c1-37(2)38(3,4)46-39(45-37)30-15-12-24(13-16-30)23-44-35-27(10-8-6-7-9-11-32(41)42)14-17-31(34(35)40)36(43-5)33-28-19-25-18-26(21-28)22-29(33)20-25/h6-17,25-26,28-29H,18-23H2,1-5H3,(H,41,42)/b7-6+,10-8+,11-9+,36-33?. The second-order valence-electron chi connectivity index (χ2n) is 14.2. The Morgan fingerprint density at radius 2 is 1.52 bits per heavy atom. The highest BCUT2D eigenvalue weighted by molar-refractivity contribution is 6.62. The molecule has 242 valence electrons. The topological polar surface area (TPSA) is 74.2 Å². The summed E-state index contributed by atoms with van der Waals surface area (Å²) in [6, 6.07) is 12.2. The molecule has 8 heteroatoms. The summed E-state index contributed by atoms with van der Waals surface area (Å²) in [6.45, 7) is 8.52. The number of hydrogen-bond donors (Lipinski definition) is 1. The summed E-state index contributed by atoms with van der Waals surface area (Å²) in [5, 5.41) is 9.37. The number of carbonyl (C=O) groups is 1. The van der Waals surface area contributed by atoms with Crippen LogP contribution >= 0.6 is 11.6 Å². The normalized spacial score (nSPS) is 26.1. The van der Waals surface area contributed by atoms with E-state index in [-0.39, 0.29) is 0 Å². The number of allylic oxidation sites excluding steroid dienone is 5. The Morgan fingerprint density at radius 3 is 2.11 bits per heavy atom.